The zero-order chi connectivity index (χ0) is 11.3. The number of amides is 1. The molecule has 0 saturated carbocycles. The molecule has 0 unspecified atom stereocenters. The summed E-state index contributed by atoms with van der Waals surface area (Å²) >= 11 is 10.6. The Labute approximate surface area is 98.8 Å². The highest BCUT2D eigenvalue weighted by molar-refractivity contribution is 7.80. The molecule has 0 aliphatic heterocycles. The minimum atomic E-state index is -0.238. The van der Waals surface area contributed by atoms with Crippen molar-refractivity contribution in [2.45, 2.75) is 6.92 Å². The summed E-state index contributed by atoms with van der Waals surface area (Å²) in [6, 6.07) is 6.61. The van der Waals surface area contributed by atoms with Crippen molar-refractivity contribution < 1.29 is 4.79 Å². The van der Waals surface area contributed by atoms with Crippen molar-refractivity contribution in [3.05, 3.63) is 34.9 Å². The molecule has 1 amide bonds. The SMILES string of the molecule is CCNC(=S)NC(=O)c1ccc(Cl)cc1. The fourth-order valence-corrected chi connectivity index (χ4v) is 1.34. The first-order chi connectivity index (χ1) is 7.13. The van der Waals surface area contributed by atoms with E-state index in [1.807, 2.05) is 6.92 Å². The van der Waals surface area contributed by atoms with Gasteiger partial charge >= 0.3 is 0 Å². The maximum Gasteiger partial charge on any atom is 0.257 e. The normalized spacial score (nSPS) is 9.47. The lowest BCUT2D eigenvalue weighted by Crippen LogP contribution is -2.38. The topological polar surface area (TPSA) is 41.1 Å². The van der Waals surface area contributed by atoms with E-state index in [9.17, 15) is 4.79 Å². The maximum atomic E-state index is 11.6. The molecule has 1 aromatic rings. The number of hydrogen-bond donors (Lipinski definition) is 2. The first-order valence-electron chi connectivity index (χ1n) is 4.48. The average molecular weight is 243 g/mol. The zero-order valence-corrected chi connectivity index (χ0v) is 9.78. The van der Waals surface area contributed by atoms with E-state index in [-0.39, 0.29) is 5.91 Å². The summed E-state index contributed by atoms with van der Waals surface area (Å²) < 4.78 is 0. The minimum Gasteiger partial charge on any atom is -0.363 e. The second-order valence-corrected chi connectivity index (χ2v) is 3.67. The van der Waals surface area contributed by atoms with Crippen LogP contribution in [0.15, 0.2) is 24.3 Å². The predicted octanol–water partition coefficient (Wildman–Crippen LogP) is 1.96. The second kappa shape index (κ2) is 5.68. The van der Waals surface area contributed by atoms with Crippen LogP contribution in [0.25, 0.3) is 0 Å². The summed E-state index contributed by atoms with van der Waals surface area (Å²) in [6.45, 7) is 2.58. The number of rotatable bonds is 2. The van der Waals surface area contributed by atoms with Crippen molar-refractivity contribution in [2.75, 3.05) is 6.54 Å². The Morgan fingerprint density at radius 3 is 2.53 bits per heavy atom. The zero-order valence-electron chi connectivity index (χ0n) is 8.21. The molecule has 80 valence electrons. The lowest BCUT2D eigenvalue weighted by molar-refractivity contribution is 0.0977. The van der Waals surface area contributed by atoms with Crippen LogP contribution in [0, 0.1) is 0 Å². The largest absolute Gasteiger partial charge is 0.363 e. The van der Waals surface area contributed by atoms with Gasteiger partial charge in [-0.3, -0.25) is 10.1 Å². The van der Waals surface area contributed by atoms with Gasteiger partial charge in [-0.1, -0.05) is 11.6 Å². The Morgan fingerprint density at radius 1 is 1.40 bits per heavy atom. The van der Waals surface area contributed by atoms with Gasteiger partial charge < -0.3 is 5.32 Å². The molecule has 0 aromatic heterocycles. The van der Waals surface area contributed by atoms with Gasteiger partial charge in [0.1, 0.15) is 0 Å². The van der Waals surface area contributed by atoms with Crippen molar-refractivity contribution in [3.63, 3.8) is 0 Å². The van der Waals surface area contributed by atoms with Gasteiger partial charge in [-0.2, -0.15) is 0 Å². The second-order valence-electron chi connectivity index (χ2n) is 2.82. The summed E-state index contributed by atoms with van der Waals surface area (Å²) in [7, 11) is 0. The Balaban J connectivity index is 2.61. The first kappa shape index (κ1) is 11.9. The van der Waals surface area contributed by atoms with Gasteiger partial charge in [0, 0.05) is 17.1 Å². The Bertz CT molecular complexity index is 364. The van der Waals surface area contributed by atoms with Gasteiger partial charge in [-0.15, -0.1) is 0 Å². The predicted molar refractivity (Wildman–Crippen MR) is 65.2 cm³/mol. The molecule has 1 rings (SSSR count). The number of benzene rings is 1. The van der Waals surface area contributed by atoms with Gasteiger partial charge in [0.25, 0.3) is 5.91 Å². The van der Waals surface area contributed by atoms with E-state index in [0.29, 0.717) is 22.2 Å². The van der Waals surface area contributed by atoms with Gasteiger partial charge in [-0.05, 0) is 43.4 Å². The summed E-state index contributed by atoms with van der Waals surface area (Å²) in [4.78, 5) is 11.6. The van der Waals surface area contributed by atoms with Gasteiger partial charge in [0.2, 0.25) is 0 Å². The first-order valence-corrected chi connectivity index (χ1v) is 5.27. The van der Waals surface area contributed by atoms with E-state index >= 15 is 0 Å². The third-order valence-electron chi connectivity index (χ3n) is 1.67. The van der Waals surface area contributed by atoms with Gasteiger partial charge in [0.15, 0.2) is 5.11 Å². The standard InChI is InChI=1S/C10H11ClN2OS/c1-2-12-10(15)13-9(14)7-3-5-8(11)6-4-7/h3-6H,2H2,1H3,(H2,12,13,14,15). The molecule has 1 aromatic carbocycles. The van der Waals surface area contributed by atoms with Crippen LogP contribution >= 0.6 is 23.8 Å². The monoisotopic (exact) mass is 242 g/mol. The highest BCUT2D eigenvalue weighted by Gasteiger charge is 2.06. The lowest BCUT2D eigenvalue weighted by atomic mass is 10.2. The highest BCUT2D eigenvalue weighted by Crippen LogP contribution is 2.09. The van der Waals surface area contributed by atoms with E-state index < -0.39 is 0 Å². The summed E-state index contributed by atoms with van der Waals surface area (Å²) in [5, 5.41) is 6.31. The van der Waals surface area contributed by atoms with Crippen LogP contribution < -0.4 is 10.6 Å². The fraction of sp³-hybridized carbons (Fsp3) is 0.200. The molecule has 2 N–H and O–H groups in total. The van der Waals surface area contributed by atoms with Crippen molar-refractivity contribution in [1.29, 1.82) is 0 Å². The maximum absolute atomic E-state index is 11.6. The van der Waals surface area contributed by atoms with E-state index in [0.717, 1.165) is 0 Å². The van der Waals surface area contributed by atoms with Gasteiger partial charge in [0.05, 0.1) is 0 Å². The molecule has 0 bridgehead atoms. The van der Waals surface area contributed by atoms with Crippen LogP contribution in [-0.2, 0) is 0 Å². The van der Waals surface area contributed by atoms with E-state index in [1.54, 1.807) is 24.3 Å². The Kier molecular flexibility index (Phi) is 4.52. The quantitative estimate of drug-likeness (QED) is 0.779. The number of carbonyl (C=O) groups is 1. The van der Waals surface area contributed by atoms with Crippen molar-refractivity contribution in [1.82, 2.24) is 10.6 Å². The van der Waals surface area contributed by atoms with Crippen LogP contribution in [0.4, 0.5) is 0 Å². The van der Waals surface area contributed by atoms with Crippen molar-refractivity contribution >= 4 is 34.8 Å². The molecule has 3 nitrogen and oxygen atoms in total. The third kappa shape index (κ3) is 3.85. The van der Waals surface area contributed by atoms with Crippen LogP contribution in [0.2, 0.25) is 5.02 Å². The molecular weight excluding hydrogens is 232 g/mol. The van der Waals surface area contributed by atoms with Crippen molar-refractivity contribution in [3.8, 4) is 0 Å². The summed E-state index contributed by atoms with van der Waals surface area (Å²) in [5.74, 6) is -0.238. The Hall–Kier alpha value is -1.13. The average Bonchev–Trinajstić information content (AvgIpc) is 2.18. The van der Waals surface area contributed by atoms with Crippen LogP contribution in [0.3, 0.4) is 0 Å². The molecular formula is C10H11ClN2OS. The number of hydrogen-bond acceptors (Lipinski definition) is 2. The molecule has 0 spiro atoms. The molecule has 15 heavy (non-hydrogen) atoms. The van der Waals surface area contributed by atoms with Crippen LogP contribution in [0.1, 0.15) is 17.3 Å². The Morgan fingerprint density at radius 2 is 2.00 bits per heavy atom. The van der Waals surface area contributed by atoms with E-state index in [1.165, 1.54) is 0 Å². The number of carbonyl (C=O) groups excluding carboxylic acids is 1. The third-order valence-corrected chi connectivity index (χ3v) is 2.17. The van der Waals surface area contributed by atoms with Crippen LogP contribution in [0.5, 0.6) is 0 Å². The van der Waals surface area contributed by atoms with E-state index in [4.69, 9.17) is 23.8 Å². The molecule has 0 heterocycles. The minimum absolute atomic E-state index is 0.238. The molecule has 5 heteroatoms. The van der Waals surface area contributed by atoms with Crippen molar-refractivity contribution in [2.24, 2.45) is 0 Å². The molecule has 0 aliphatic carbocycles. The molecule has 0 saturated heterocycles. The summed E-state index contributed by atoms with van der Waals surface area (Å²) in [6.07, 6.45) is 0. The van der Waals surface area contributed by atoms with Gasteiger partial charge in [-0.25, -0.2) is 0 Å². The molecule has 0 aliphatic rings. The highest BCUT2D eigenvalue weighted by atomic mass is 35.5. The molecule has 0 atom stereocenters. The molecule has 0 fully saturated rings. The smallest absolute Gasteiger partial charge is 0.257 e. The number of thiocarbonyl (C=S) groups is 1. The van der Waals surface area contributed by atoms with E-state index in [2.05, 4.69) is 10.6 Å². The van der Waals surface area contributed by atoms with Crippen LogP contribution in [-0.4, -0.2) is 17.6 Å². The summed E-state index contributed by atoms with van der Waals surface area (Å²) in [5.41, 5.74) is 0.527. The number of nitrogens with one attached hydrogen (secondary N) is 2. The fourth-order valence-electron chi connectivity index (χ4n) is 0.981. The molecule has 0 radical (unpaired) electrons. The number of halogens is 1. The lowest BCUT2D eigenvalue weighted by Gasteiger charge is -2.07.